The van der Waals surface area contributed by atoms with Gasteiger partial charge in [0.05, 0.1) is 22.4 Å². The molecule has 1 atom stereocenters. The van der Waals surface area contributed by atoms with Crippen molar-refractivity contribution >= 4 is 38.8 Å². The molecule has 0 spiro atoms. The minimum Gasteiger partial charge on any atom is -0.444 e. The molecule has 0 bridgehead atoms. The van der Waals surface area contributed by atoms with E-state index in [1.165, 1.54) is 9.21 Å². The number of carbonyl (C=O) groups excluding carboxylic acids is 3. The first-order valence-electron chi connectivity index (χ1n) is 12.5. The molecule has 13 heteroatoms. The van der Waals surface area contributed by atoms with Crippen LogP contribution in [0.4, 0.5) is 4.79 Å². The summed E-state index contributed by atoms with van der Waals surface area (Å²) >= 11 is 0. The largest absolute Gasteiger partial charge is 0.444 e. The van der Waals surface area contributed by atoms with Crippen molar-refractivity contribution < 1.29 is 32.3 Å². The Kier molecular flexibility index (Phi) is 7.19. The van der Waals surface area contributed by atoms with E-state index in [4.69, 9.17) is 9.47 Å². The Labute approximate surface area is 214 Å². The van der Waals surface area contributed by atoms with Crippen LogP contribution in [0.3, 0.4) is 0 Å². The molecule has 12 nitrogen and oxygen atoms in total. The fraction of sp³-hybridized carbons (Fsp3) is 0.583. The van der Waals surface area contributed by atoms with Crippen LogP contribution in [0, 0.1) is 0 Å². The highest BCUT2D eigenvalue weighted by Gasteiger charge is 2.36. The Bertz CT molecular complexity index is 1310. The van der Waals surface area contributed by atoms with E-state index in [0.29, 0.717) is 38.2 Å². The molecule has 3 aliphatic rings. The highest BCUT2D eigenvalue weighted by Crippen LogP contribution is 2.32. The number of fused-ring (bicyclic) bond motifs is 1. The number of aromatic nitrogens is 2. The van der Waals surface area contributed by atoms with Gasteiger partial charge in [0, 0.05) is 63.8 Å². The van der Waals surface area contributed by atoms with Crippen LogP contribution in [0.5, 0.6) is 0 Å². The number of piperidine rings is 1. The number of imide groups is 1. The molecule has 3 saturated heterocycles. The Morgan fingerprint density at radius 3 is 2.57 bits per heavy atom. The number of hydrogen-bond donors (Lipinski definition) is 1. The monoisotopic (exact) mass is 533 g/mol. The summed E-state index contributed by atoms with van der Waals surface area (Å²) in [5.41, 5.74) is 2.08. The maximum absolute atomic E-state index is 12.9. The van der Waals surface area contributed by atoms with Crippen molar-refractivity contribution in [3.63, 3.8) is 0 Å². The molecule has 2 aromatic rings. The van der Waals surface area contributed by atoms with Gasteiger partial charge in [0.25, 0.3) is 0 Å². The molecule has 4 heterocycles. The van der Waals surface area contributed by atoms with Crippen molar-refractivity contribution in [3.05, 3.63) is 29.5 Å². The molecule has 3 aliphatic heterocycles. The number of rotatable bonds is 5. The predicted octanol–water partition coefficient (Wildman–Crippen LogP) is 0.857. The maximum atomic E-state index is 12.9. The lowest BCUT2D eigenvalue weighted by Gasteiger charge is -2.36. The molecule has 37 heavy (non-hydrogen) atoms. The van der Waals surface area contributed by atoms with Crippen LogP contribution in [0.2, 0.25) is 0 Å². The van der Waals surface area contributed by atoms with Crippen molar-refractivity contribution in [3.8, 4) is 0 Å². The average Bonchev–Trinajstić information content (AvgIpc) is 3.24. The molecule has 3 amide bonds. The van der Waals surface area contributed by atoms with Gasteiger partial charge in [0.1, 0.15) is 6.61 Å². The van der Waals surface area contributed by atoms with E-state index < -0.39 is 27.3 Å². The van der Waals surface area contributed by atoms with Crippen LogP contribution in [0.25, 0.3) is 10.9 Å². The second-order valence-electron chi connectivity index (χ2n) is 9.62. The summed E-state index contributed by atoms with van der Waals surface area (Å²) in [7, 11) is -1.65. The van der Waals surface area contributed by atoms with Gasteiger partial charge in [-0.1, -0.05) is 18.2 Å². The van der Waals surface area contributed by atoms with E-state index in [2.05, 4.69) is 10.4 Å². The van der Waals surface area contributed by atoms with Crippen LogP contribution in [0.1, 0.15) is 42.9 Å². The summed E-state index contributed by atoms with van der Waals surface area (Å²) in [6.45, 7) is 1.91. The van der Waals surface area contributed by atoms with Crippen LogP contribution in [-0.4, -0.2) is 90.0 Å². The molecule has 1 unspecified atom stereocenters. The number of hydrogen-bond acceptors (Lipinski definition) is 8. The third-order valence-corrected chi connectivity index (χ3v) is 9.74. The summed E-state index contributed by atoms with van der Waals surface area (Å²) < 4.78 is 39.9. The molecular weight excluding hydrogens is 502 g/mol. The molecular formula is C24H31N5O7S. The minimum atomic E-state index is -3.41. The molecule has 1 N–H and O–H groups in total. The predicted molar refractivity (Wildman–Crippen MR) is 132 cm³/mol. The number of nitrogens with zero attached hydrogens (tertiary/aromatic N) is 4. The summed E-state index contributed by atoms with van der Waals surface area (Å²) in [6.07, 6.45) is 1.14. The lowest BCUT2D eigenvalue weighted by atomic mass is 9.92. The van der Waals surface area contributed by atoms with E-state index >= 15 is 0 Å². The topological polar surface area (TPSA) is 140 Å². The number of para-hydroxylation sites is 1. The van der Waals surface area contributed by atoms with Crippen LogP contribution in [-0.2, 0) is 42.7 Å². The van der Waals surface area contributed by atoms with Gasteiger partial charge in [-0.15, -0.1) is 0 Å². The van der Waals surface area contributed by atoms with Crippen LogP contribution < -0.4 is 5.32 Å². The third kappa shape index (κ3) is 5.07. The summed E-state index contributed by atoms with van der Waals surface area (Å²) in [6, 6.07) is 5.53. The zero-order chi connectivity index (χ0) is 26.2. The lowest BCUT2D eigenvalue weighted by molar-refractivity contribution is -0.134. The van der Waals surface area contributed by atoms with Gasteiger partial charge in [-0.05, 0) is 19.3 Å². The van der Waals surface area contributed by atoms with E-state index in [9.17, 15) is 22.8 Å². The Morgan fingerprint density at radius 1 is 1.14 bits per heavy atom. The standard InChI is InChI=1S/C24H31N5O7S/c1-27-22-16(3-2-4-18(22)21(26-27)19-5-6-20(30)25-23(19)31)15-36-24(32)28-9-11-29(12-10-28)37(33,34)17-7-13-35-14-8-17/h2-4,17,19H,5-15H2,1H3,(H,25,30,31). The zero-order valence-electron chi connectivity index (χ0n) is 20.7. The van der Waals surface area contributed by atoms with Gasteiger partial charge in [-0.25, -0.2) is 13.2 Å². The van der Waals surface area contributed by atoms with Gasteiger partial charge in [0.15, 0.2) is 0 Å². The number of piperazine rings is 1. The molecule has 0 saturated carbocycles. The first-order valence-corrected chi connectivity index (χ1v) is 14.0. The summed E-state index contributed by atoms with van der Waals surface area (Å²) in [4.78, 5) is 38.3. The number of aryl methyl sites for hydroxylation is 1. The normalized spacial score (nSPS) is 22.3. The molecule has 3 fully saturated rings. The highest BCUT2D eigenvalue weighted by molar-refractivity contribution is 7.89. The van der Waals surface area contributed by atoms with Gasteiger partial charge in [0.2, 0.25) is 21.8 Å². The van der Waals surface area contributed by atoms with Crippen molar-refractivity contribution in [2.45, 2.75) is 43.5 Å². The van der Waals surface area contributed by atoms with Crippen LogP contribution >= 0.6 is 0 Å². The van der Waals surface area contributed by atoms with Crippen molar-refractivity contribution in [1.29, 1.82) is 0 Å². The van der Waals surface area contributed by atoms with E-state index in [-0.39, 0.29) is 51.0 Å². The summed E-state index contributed by atoms with van der Waals surface area (Å²) in [5.74, 6) is -1.16. The molecule has 1 aromatic heterocycles. The van der Waals surface area contributed by atoms with Crippen molar-refractivity contribution in [2.75, 3.05) is 39.4 Å². The first-order chi connectivity index (χ1) is 17.8. The molecule has 200 valence electrons. The second kappa shape index (κ2) is 10.4. The third-order valence-electron chi connectivity index (χ3n) is 7.34. The number of amides is 3. The smallest absolute Gasteiger partial charge is 0.410 e. The number of nitrogens with one attached hydrogen (secondary N) is 1. The zero-order valence-corrected chi connectivity index (χ0v) is 21.5. The van der Waals surface area contributed by atoms with Gasteiger partial charge >= 0.3 is 6.09 Å². The number of sulfonamides is 1. The fourth-order valence-electron chi connectivity index (χ4n) is 5.31. The Morgan fingerprint density at radius 2 is 1.86 bits per heavy atom. The number of carbonyl (C=O) groups is 3. The van der Waals surface area contributed by atoms with Gasteiger partial charge < -0.3 is 14.4 Å². The first kappa shape index (κ1) is 25.6. The second-order valence-corrected chi connectivity index (χ2v) is 11.8. The molecule has 5 rings (SSSR count). The van der Waals surface area contributed by atoms with E-state index in [1.807, 2.05) is 18.2 Å². The number of benzene rings is 1. The molecule has 1 aromatic carbocycles. The Hall–Kier alpha value is -3.03. The molecule has 0 aliphatic carbocycles. The highest BCUT2D eigenvalue weighted by atomic mass is 32.2. The lowest BCUT2D eigenvalue weighted by Crippen LogP contribution is -2.53. The minimum absolute atomic E-state index is 0.00504. The average molecular weight is 534 g/mol. The van der Waals surface area contributed by atoms with Crippen molar-refractivity contribution in [1.82, 2.24) is 24.3 Å². The van der Waals surface area contributed by atoms with Crippen LogP contribution in [0.15, 0.2) is 18.2 Å². The Balaban J connectivity index is 1.22. The molecule has 0 radical (unpaired) electrons. The van der Waals surface area contributed by atoms with E-state index in [0.717, 1.165) is 16.5 Å². The SMILES string of the molecule is Cn1nc(C2CCC(=O)NC2=O)c2cccc(COC(=O)N3CCN(S(=O)(=O)C4CCOCC4)CC3)c21. The maximum Gasteiger partial charge on any atom is 0.410 e. The quantitative estimate of drug-likeness (QED) is 0.558. The van der Waals surface area contributed by atoms with Gasteiger partial charge in [-0.3, -0.25) is 19.6 Å². The van der Waals surface area contributed by atoms with E-state index in [1.54, 1.807) is 11.7 Å². The van der Waals surface area contributed by atoms with Gasteiger partial charge in [-0.2, -0.15) is 9.40 Å². The van der Waals surface area contributed by atoms with Crippen molar-refractivity contribution in [2.24, 2.45) is 7.05 Å². The summed E-state index contributed by atoms with van der Waals surface area (Å²) in [5, 5.41) is 7.28. The fourth-order valence-corrected chi connectivity index (χ4v) is 7.20. The number of ether oxygens (including phenoxy) is 2.